The molecule has 0 bridgehead atoms. The van der Waals surface area contributed by atoms with Crippen LogP contribution in [0.2, 0.25) is 0 Å². The molecule has 10 heteroatoms. The molecule has 1 atom stereocenters. The van der Waals surface area contributed by atoms with Crippen molar-refractivity contribution in [3.8, 4) is 5.75 Å². The summed E-state index contributed by atoms with van der Waals surface area (Å²) in [5.74, 6) is -6.60. The average molecular weight is 431 g/mol. The lowest BCUT2D eigenvalue weighted by Crippen LogP contribution is -2.44. The third kappa shape index (κ3) is 4.05. The standard InChI is InChI=1S/C20H22F5N3O2/c1-18(2)10-26-8-12-6-13(9-27-16(12)18)28-17(29)11-4-5-15(30-3)14(7-11)19(21,22)20(23,24)25/h4-5,7,9,13,26H,6,8,10H2,1-3H3,(H,28,29). The highest BCUT2D eigenvalue weighted by atomic mass is 19.4. The van der Waals surface area contributed by atoms with E-state index in [0.717, 1.165) is 37.1 Å². The molecular weight excluding hydrogens is 409 g/mol. The van der Waals surface area contributed by atoms with Crippen molar-refractivity contribution in [3.05, 3.63) is 40.6 Å². The first kappa shape index (κ1) is 22.2. The number of hydrogen-bond acceptors (Lipinski definition) is 4. The molecule has 5 nitrogen and oxygen atoms in total. The fourth-order valence-corrected chi connectivity index (χ4v) is 3.68. The van der Waals surface area contributed by atoms with Crippen molar-refractivity contribution in [2.24, 2.45) is 10.4 Å². The van der Waals surface area contributed by atoms with Crippen molar-refractivity contribution in [3.63, 3.8) is 0 Å². The molecule has 0 fully saturated rings. The maximum absolute atomic E-state index is 13.9. The van der Waals surface area contributed by atoms with Gasteiger partial charge >= 0.3 is 12.1 Å². The third-order valence-corrected chi connectivity index (χ3v) is 5.20. The van der Waals surface area contributed by atoms with Gasteiger partial charge in [0.2, 0.25) is 0 Å². The Bertz CT molecular complexity index is 906. The summed E-state index contributed by atoms with van der Waals surface area (Å²) in [6, 6.07) is 2.07. The first-order chi connectivity index (χ1) is 13.9. The minimum atomic E-state index is -5.82. The monoisotopic (exact) mass is 431 g/mol. The fourth-order valence-electron chi connectivity index (χ4n) is 3.68. The number of ether oxygens (including phenoxy) is 1. The van der Waals surface area contributed by atoms with Crippen LogP contribution in [0.5, 0.6) is 5.75 Å². The van der Waals surface area contributed by atoms with Gasteiger partial charge in [0.1, 0.15) is 5.75 Å². The second kappa shape index (κ2) is 7.64. The summed E-state index contributed by atoms with van der Waals surface area (Å²) < 4.78 is 70.9. The van der Waals surface area contributed by atoms with E-state index in [4.69, 9.17) is 0 Å². The maximum Gasteiger partial charge on any atom is 0.458 e. The van der Waals surface area contributed by atoms with Gasteiger partial charge in [0.15, 0.2) is 0 Å². The number of methoxy groups -OCH3 is 1. The van der Waals surface area contributed by atoms with Crippen LogP contribution in [-0.2, 0) is 5.92 Å². The van der Waals surface area contributed by atoms with E-state index in [1.807, 2.05) is 13.8 Å². The van der Waals surface area contributed by atoms with Crippen molar-refractivity contribution in [1.29, 1.82) is 0 Å². The van der Waals surface area contributed by atoms with Gasteiger partial charge in [-0.15, -0.1) is 0 Å². The number of amides is 1. The fraction of sp³-hybridized carbons (Fsp3) is 0.500. The van der Waals surface area contributed by atoms with E-state index in [-0.39, 0.29) is 11.0 Å². The highest BCUT2D eigenvalue weighted by Gasteiger charge is 2.60. The minimum absolute atomic E-state index is 0.160. The van der Waals surface area contributed by atoms with Crippen LogP contribution in [0.4, 0.5) is 22.0 Å². The Labute approximate surface area is 170 Å². The van der Waals surface area contributed by atoms with Gasteiger partial charge in [-0.1, -0.05) is 13.8 Å². The number of nitrogens with one attached hydrogen (secondary N) is 2. The molecule has 1 unspecified atom stereocenters. The zero-order valence-corrected chi connectivity index (χ0v) is 16.7. The van der Waals surface area contributed by atoms with Crippen LogP contribution >= 0.6 is 0 Å². The van der Waals surface area contributed by atoms with E-state index in [2.05, 4.69) is 20.4 Å². The SMILES string of the molecule is COc1ccc(C(=O)NC2C=NC3=C(CNCC3(C)C)C2)cc1C(F)(F)C(F)(F)F. The number of benzene rings is 1. The quantitative estimate of drug-likeness (QED) is 0.713. The molecule has 0 aromatic heterocycles. The smallest absolute Gasteiger partial charge is 0.458 e. The Hall–Kier alpha value is -2.49. The Balaban J connectivity index is 1.81. The summed E-state index contributed by atoms with van der Waals surface area (Å²) in [5.41, 5.74) is 0.0738. The zero-order chi connectivity index (χ0) is 22.3. The molecule has 0 spiro atoms. The van der Waals surface area contributed by atoms with Crippen LogP contribution in [0.1, 0.15) is 36.2 Å². The summed E-state index contributed by atoms with van der Waals surface area (Å²) in [7, 11) is 0.981. The molecule has 2 heterocycles. The number of hydrogen-bond donors (Lipinski definition) is 2. The van der Waals surface area contributed by atoms with Crippen LogP contribution in [0, 0.1) is 5.41 Å². The van der Waals surface area contributed by atoms with Crippen LogP contribution in [-0.4, -0.2) is 44.5 Å². The number of alkyl halides is 5. The first-order valence-corrected chi connectivity index (χ1v) is 9.28. The number of carbonyl (C=O) groups excluding carboxylic acids is 1. The van der Waals surface area contributed by atoms with Gasteiger partial charge in [-0.25, -0.2) is 0 Å². The van der Waals surface area contributed by atoms with Crippen LogP contribution in [0.25, 0.3) is 0 Å². The van der Waals surface area contributed by atoms with Crippen LogP contribution < -0.4 is 15.4 Å². The lowest BCUT2D eigenvalue weighted by molar-refractivity contribution is -0.289. The lowest BCUT2D eigenvalue weighted by Gasteiger charge is -2.36. The Morgan fingerprint density at radius 3 is 2.60 bits per heavy atom. The number of nitrogens with zero attached hydrogens (tertiary/aromatic N) is 1. The van der Waals surface area contributed by atoms with Crippen LogP contribution in [0.3, 0.4) is 0 Å². The second-order valence-corrected chi connectivity index (χ2v) is 7.99. The third-order valence-electron chi connectivity index (χ3n) is 5.20. The summed E-state index contributed by atoms with van der Waals surface area (Å²) >= 11 is 0. The molecule has 0 aliphatic carbocycles. The normalized spacial score (nSPS) is 21.3. The molecule has 30 heavy (non-hydrogen) atoms. The molecule has 1 aromatic rings. The topological polar surface area (TPSA) is 62.7 Å². The highest BCUT2D eigenvalue weighted by molar-refractivity contribution is 5.96. The van der Waals surface area contributed by atoms with Gasteiger partial charge in [-0.05, 0) is 30.2 Å². The highest BCUT2D eigenvalue weighted by Crippen LogP contribution is 2.47. The Morgan fingerprint density at radius 1 is 1.27 bits per heavy atom. The first-order valence-electron chi connectivity index (χ1n) is 9.28. The van der Waals surface area contributed by atoms with E-state index in [1.54, 1.807) is 6.21 Å². The van der Waals surface area contributed by atoms with E-state index in [0.29, 0.717) is 19.0 Å². The molecular formula is C20H22F5N3O2. The van der Waals surface area contributed by atoms with Crippen LogP contribution in [0.15, 0.2) is 34.5 Å². The van der Waals surface area contributed by atoms with Crippen molar-refractivity contribution in [1.82, 2.24) is 10.6 Å². The molecule has 1 amide bonds. The lowest BCUT2D eigenvalue weighted by atomic mass is 9.81. The number of halogens is 5. The maximum atomic E-state index is 13.9. The summed E-state index contributed by atoms with van der Waals surface area (Å²) in [5, 5.41) is 5.92. The van der Waals surface area contributed by atoms with Gasteiger partial charge < -0.3 is 15.4 Å². The molecule has 2 aliphatic heterocycles. The minimum Gasteiger partial charge on any atom is -0.496 e. The van der Waals surface area contributed by atoms with Crippen molar-refractivity contribution < 1.29 is 31.5 Å². The van der Waals surface area contributed by atoms with E-state index in [1.165, 1.54) is 0 Å². The second-order valence-electron chi connectivity index (χ2n) is 7.99. The van der Waals surface area contributed by atoms with Gasteiger partial charge in [0, 0.05) is 36.0 Å². The van der Waals surface area contributed by atoms with E-state index >= 15 is 0 Å². The number of aliphatic imine (C=N–C) groups is 1. The summed E-state index contributed by atoms with van der Waals surface area (Å²) in [6.45, 7) is 5.48. The molecule has 2 aliphatic rings. The average Bonchev–Trinajstić information content (AvgIpc) is 2.66. The Kier molecular flexibility index (Phi) is 5.66. The molecule has 1 aromatic carbocycles. The summed E-state index contributed by atoms with van der Waals surface area (Å²) in [6.07, 6.45) is -3.78. The predicted octanol–water partition coefficient (Wildman–Crippen LogP) is 3.81. The number of rotatable bonds is 4. The summed E-state index contributed by atoms with van der Waals surface area (Å²) in [4.78, 5) is 17.0. The van der Waals surface area contributed by atoms with E-state index in [9.17, 15) is 26.7 Å². The molecule has 0 radical (unpaired) electrons. The van der Waals surface area contributed by atoms with Crippen molar-refractivity contribution in [2.45, 2.75) is 38.4 Å². The molecule has 0 saturated carbocycles. The molecule has 0 saturated heterocycles. The largest absolute Gasteiger partial charge is 0.496 e. The van der Waals surface area contributed by atoms with Crippen molar-refractivity contribution in [2.75, 3.05) is 20.2 Å². The predicted molar refractivity (Wildman–Crippen MR) is 101 cm³/mol. The van der Waals surface area contributed by atoms with Gasteiger partial charge in [0.25, 0.3) is 5.91 Å². The van der Waals surface area contributed by atoms with E-state index < -0.39 is 35.4 Å². The van der Waals surface area contributed by atoms with Gasteiger partial charge in [-0.3, -0.25) is 9.79 Å². The van der Waals surface area contributed by atoms with Crippen molar-refractivity contribution >= 4 is 12.1 Å². The van der Waals surface area contributed by atoms with Gasteiger partial charge in [0.05, 0.1) is 18.7 Å². The van der Waals surface area contributed by atoms with Gasteiger partial charge in [-0.2, -0.15) is 22.0 Å². The molecule has 2 N–H and O–H groups in total. The molecule has 164 valence electrons. The zero-order valence-electron chi connectivity index (χ0n) is 16.7. The number of carbonyl (C=O) groups is 1. The Morgan fingerprint density at radius 2 is 1.97 bits per heavy atom. The molecule has 3 rings (SSSR count).